The topological polar surface area (TPSA) is 76.1 Å². The molecule has 1 N–H and O–H groups in total. The minimum Gasteiger partial charge on any atom is -0.494 e. The van der Waals surface area contributed by atoms with Crippen molar-refractivity contribution in [2.45, 2.75) is 32.1 Å². The maximum Gasteiger partial charge on any atom is 0.407 e. The summed E-state index contributed by atoms with van der Waals surface area (Å²) in [5.41, 5.74) is 0.323. The number of hydrogen-bond acceptors (Lipinski definition) is 4. The Morgan fingerprint density at radius 3 is 2.60 bits per heavy atom. The van der Waals surface area contributed by atoms with E-state index in [1.54, 1.807) is 18.2 Å². The van der Waals surface area contributed by atoms with Gasteiger partial charge in [0.1, 0.15) is 5.75 Å². The molecule has 0 atom stereocenters. The normalized spacial score (nSPS) is 15.0. The van der Waals surface area contributed by atoms with Crippen LogP contribution >= 0.6 is 11.6 Å². The lowest BCUT2D eigenvalue weighted by Crippen LogP contribution is -2.37. The third-order valence-corrected chi connectivity index (χ3v) is 4.82. The van der Waals surface area contributed by atoms with Crippen LogP contribution in [0, 0.1) is 5.92 Å². The van der Waals surface area contributed by atoms with Crippen LogP contribution in [-0.4, -0.2) is 48.9 Å². The van der Waals surface area contributed by atoms with Gasteiger partial charge < -0.3 is 19.5 Å². The van der Waals surface area contributed by atoms with E-state index in [0.29, 0.717) is 41.9 Å². The first kappa shape index (κ1) is 19.4. The zero-order valence-corrected chi connectivity index (χ0v) is 15.1. The first-order valence-corrected chi connectivity index (χ1v) is 8.87. The van der Waals surface area contributed by atoms with Crippen molar-refractivity contribution in [1.82, 2.24) is 4.90 Å². The Hall–Kier alpha value is -1.95. The first-order valence-electron chi connectivity index (χ1n) is 8.49. The molecule has 2 rings (SSSR count). The van der Waals surface area contributed by atoms with Crippen molar-refractivity contribution in [1.29, 1.82) is 0 Å². The molecule has 0 spiro atoms. The van der Waals surface area contributed by atoms with Crippen molar-refractivity contribution in [2.75, 3.05) is 26.8 Å². The molecule has 0 aliphatic carbocycles. The third kappa shape index (κ3) is 5.81. The molecule has 1 aromatic rings. The van der Waals surface area contributed by atoms with Gasteiger partial charge in [-0.15, -0.1) is 0 Å². The van der Waals surface area contributed by atoms with Crippen LogP contribution in [0.4, 0.5) is 4.79 Å². The second-order valence-corrected chi connectivity index (χ2v) is 6.60. The van der Waals surface area contributed by atoms with Gasteiger partial charge in [0.15, 0.2) is 0 Å². The number of nitrogens with zero attached hydrogens (tertiary/aromatic N) is 1. The van der Waals surface area contributed by atoms with Crippen molar-refractivity contribution in [3.8, 4) is 5.75 Å². The van der Waals surface area contributed by atoms with Gasteiger partial charge in [-0.25, -0.2) is 9.59 Å². The lowest BCUT2D eigenvalue weighted by atomic mass is 9.92. The van der Waals surface area contributed by atoms with Gasteiger partial charge in [0.25, 0.3) is 0 Å². The van der Waals surface area contributed by atoms with Crippen molar-refractivity contribution >= 4 is 23.7 Å². The monoisotopic (exact) mass is 369 g/mol. The number of rotatable bonds is 7. The summed E-state index contributed by atoms with van der Waals surface area (Å²) in [6.07, 6.45) is 4.14. The molecule has 0 aromatic heterocycles. The molecule has 1 amide bonds. The van der Waals surface area contributed by atoms with E-state index in [1.807, 2.05) is 0 Å². The van der Waals surface area contributed by atoms with E-state index in [1.165, 1.54) is 12.0 Å². The van der Waals surface area contributed by atoms with Crippen molar-refractivity contribution in [2.24, 2.45) is 5.92 Å². The minimum atomic E-state index is -0.816. The Kier molecular flexibility index (Phi) is 7.37. The summed E-state index contributed by atoms with van der Waals surface area (Å²) in [5, 5.41) is 9.25. The molecule has 0 bridgehead atoms. The Labute approximate surface area is 152 Å². The molecule has 0 radical (unpaired) electrons. The number of halogens is 1. The SMILES string of the molecule is COC(=O)c1ccc(OCCCCC2CCN(C(=O)O)CC2)cc1Cl. The fourth-order valence-electron chi connectivity index (χ4n) is 3.00. The van der Waals surface area contributed by atoms with Gasteiger partial charge in [0.2, 0.25) is 0 Å². The average Bonchev–Trinajstić information content (AvgIpc) is 2.61. The third-order valence-electron chi connectivity index (χ3n) is 4.51. The molecule has 7 heteroatoms. The molecule has 1 aliphatic rings. The molecule has 25 heavy (non-hydrogen) atoms. The molecule has 0 unspecified atom stereocenters. The number of carbonyl (C=O) groups is 2. The van der Waals surface area contributed by atoms with E-state index in [9.17, 15) is 9.59 Å². The number of ether oxygens (including phenoxy) is 2. The number of unbranched alkanes of at least 4 members (excludes halogenated alkanes) is 1. The summed E-state index contributed by atoms with van der Waals surface area (Å²) < 4.78 is 10.3. The van der Waals surface area contributed by atoms with Gasteiger partial charge in [-0.1, -0.05) is 18.0 Å². The predicted octanol–water partition coefficient (Wildman–Crippen LogP) is 4.07. The van der Waals surface area contributed by atoms with Crippen molar-refractivity contribution in [3.63, 3.8) is 0 Å². The summed E-state index contributed by atoms with van der Waals surface area (Å²) in [7, 11) is 1.31. The smallest absolute Gasteiger partial charge is 0.407 e. The highest BCUT2D eigenvalue weighted by Gasteiger charge is 2.21. The Balaban J connectivity index is 1.64. The highest BCUT2D eigenvalue weighted by atomic mass is 35.5. The molecule has 0 saturated carbocycles. The van der Waals surface area contributed by atoms with E-state index >= 15 is 0 Å². The minimum absolute atomic E-state index is 0.314. The van der Waals surface area contributed by atoms with Gasteiger partial charge in [0.05, 0.1) is 24.3 Å². The Morgan fingerprint density at radius 1 is 1.28 bits per heavy atom. The van der Waals surface area contributed by atoms with Crippen LogP contribution in [0.5, 0.6) is 5.75 Å². The lowest BCUT2D eigenvalue weighted by Gasteiger charge is -2.29. The molecule has 1 aromatic carbocycles. The van der Waals surface area contributed by atoms with Crippen molar-refractivity contribution in [3.05, 3.63) is 28.8 Å². The number of esters is 1. The number of benzene rings is 1. The van der Waals surface area contributed by atoms with Gasteiger partial charge in [0, 0.05) is 13.1 Å². The summed E-state index contributed by atoms with van der Waals surface area (Å²) in [5.74, 6) is 0.766. The summed E-state index contributed by atoms with van der Waals surface area (Å²) >= 11 is 6.05. The number of piperidine rings is 1. The molecule has 1 aliphatic heterocycles. The van der Waals surface area contributed by atoms with Crippen LogP contribution in [0.2, 0.25) is 5.02 Å². The van der Waals surface area contributed by atoms with Gasteiger partial charge >= 0.3 is 12.1 Å². The number of carboxylic acid groups (broad SMARTS) is 1. The van der Waals surface area contributed by atoms with Crippen LogP contribution in [0.15, 0.2) is 18.2 Å². The summed E-state index contributed by atoms with van der Waals surface area (Å²) in [4.78, 5) is 23.8. The van der Waals surface area contributed by atoms with Crippen LogP contribution in [0.1, 0.15) is 42.5 Å². The lowest BCUT2D eigenvalue weighted by molar-refractivity contribution is 0.0601. The van der Waals surface area contributed by atoms with Gasteiger partial charge in [-0.2, -0.15) is 0 Å². The predicted molar refractivity (Wildman–Crippen MR) is 94.5 cm³/mol. The van der Waals surface area contributed by atoms with E-state index < -0.39 is 12.1 Å². The molecular weight excluding hydrogens is 346 g/mol. The molecule has 6 nitrogen and oxygen atoms in total. The fourth-order valence-corrected chi connectivity index (χ4v) is 3.25. The van der Waals surface area contributed by atoms with E-state index in [2.05, 4.69) is 4.74 Å². The quantitative estimate of drug-likeness (QED) is 0.579. The Bertz CT molecular complexity index is 599. The molecule has 1 heterocycles. The molecule has 1 saturated heterocycles. The Morgan fingerprint density at radius 2 is 2.00 bits per heavy atom. The summed E-state index contributed by atoms with van der Waals surface area (Å²) in [6, 6.07) is 4.93. The fraction of sp³-hybridized carbons (Fsp3) is 0.556. The molecular formula is C18H24ClNO5. The molecule has 1 fully saturated rings. The second kappa shape index (κ2) is 9.51. The van der Waals surface area contributed by atoms with E-state index in [4.69, 9.17) is 21.4 Å². The average molecular weight is 370 g/mol. The largest absolute Gasteiger partial charge is 0.494 e. The summed E-state index contributed by atoms with van der Waals surface area (Å²) in [6.45, 7) is 1.87. The highest BCUT2D eigenvalue weighted by Crippen LogP contribution is 2.25. The number of carbonyl (C=O) groups excluding carboxylic acids is 1. The van der Waals surface area contributed by atoms with Gasteiger partial charge in [-0.3, -0.25) is 0 Å². The van der Waals surface area contributed by atoms with Crippen LogP contribution in [0.25, 0.3) is 0 Å². The maximum absolute atomic E-state index is 11.5. The van der Waals surface area contributed by atoms with Crippen LogP contribution in [0.3, 0.4) is 0 Å². The zero-order valence-electron chi connectivity index (χ0n) is 14.4. The van der Waals surface area contributed by atoms with E-state index in [-0.39, 0.29) is 0 Å². The van der Waals surface area contributed by atoms with Crippen LogP contribution in [-0.2, 0) is 4.74 Å². The number of likely N-dealkylation sites (tertiary alicyclic amines) is 1. The maximum atomic E-state index is 11.5. The number of methoxy groups -OCH3 is 1. The van der Waals surface area contributed by atoms with Gasteiger partial charge in [-0.05, 0) is 49.8 Å². The standard InChI is InChI=1S/C18H24ClNO5/c1-24-17(21)15-6-5-14(12-16(15)19)25-11-3-2-4-13-7-9-20(10-8-13)18(22)23/h5-6,12-13H,2-4,7-11H2,1H3,(H,22,23). The van der Waals surface area contributed by atoms with Crippen LogP contribution < -0.4 is 4.74 Å². The zero-order chi connectivity index (χ0) is 18.2. The van der Waals surface area contributed by atoms with E-state index in [0.717, 1.165) is 32.1 Å². The number of hydrogen-bond donors (Lipinski definition) is 1. The first-order chi connectivity index (χ1) is 12.0. The van der Waals surface area contributed by atoms with Crippen molar-refractivity contribution < 1.29 is 24.2 Å². The molecule has 138 valence electrons. The number of amides is 1. The highest BCUT2D eigenvalue weighted by molar-refractivity contribution is 6.33. The second-order valence-electron chi connectivity index (χ2n) is 6.19.